The standard InChI is InChI=1S/C26H38ClN3O5/c1-20-15-22(6-7-23(20)27)34-19-26(17-25(32)29-10-8-28(2)9-11-29)18-30(12-14-35-26)24(31)16-21-5-3-4-13-33-21/h6-7,15,21H,3-5,8-14,16-19H2,1-2H3. The molecule has 3 aliphatic heterocycles. The molecule has 0 N–H and O–H groups in total. The van der Waals surface area contributed by atoms with Crippen molar-refractivity contribution < 1.29 is 23.8 Å². The highest BCUT2D eigenvalue weighted by atomic mass is 35.5. The van der Waals surface area contributed by atoms with Crippen LogP contribution in [-0.2, 0) is 19.1 Å². The van der Waals surface area contributed by atoms with Gasteiger partial charge in [0, 0.05) is 44.4 Å². The third-order valence-electron chi connectivity index (χ3n) is 7.24. The molecule has 0 spiro atoms. The van der Waals surface area contributed by atoms with Gasteiger partial charge >= 0.3 is 0 Å². The lowest BCUT2D eigenvalue weighted by Gasteiger charge is -2.43. The molecule has 0 saturated carbocycles. The number of hydrogen-bond acceptors (Lipinski definition) is 6. The fraction of sp³-hybridized carbons (Fsp3) is 0.692. The first-order chi connectivity index (χ1) is 16.8. The number of hydrogen-bond donors (Lipinski definition) is 0. The van der Waals surface area contributed by atoms with Gasteiger partial charge < -0.3 is 28.9 Å². The van der Waals surface area contributed by atoms with Crippen molar-refractivity contribution in [3.63, 3.8) is 0 Å². The number of likely N-dealkylation sites (N-methyl/N-ethyl adjacent to an activating group) is 1. The third-order valence-corrected chi connectivity index (χ3v) is 7.66. The maximum Gasteiger partial charge on any atom is 0.225 e. The van der Waals surface area contributed by atoms with Gasteiger partial charge in [0.1, 0.15) is 18.0 Å². The topological polar surface area (TPSA) is 71.6 Å². The minimum absolute atomic E-state index is 0.0197. The van der Waals surface area contributed by atoms with E-state index in [9.17, 15) is 9.59 Å². The third kappa shape index (κ3) is 7.09. The Balaban J connectivity index is 1.46. The van der Waals surface area contributed by atoms with Crippen LogP contribution in [0.1, 0.15) is 37.7 Å². The lowest BCUT2D eigenvalue weighted by atomic mass is 9.96. The summed E-state index contributed by atoms with van der Waals surface area (Å²) in [5.74, 6) is 0.763. The van der Waals surface area contributed by atoms with Gasteiger partial charge in [-0.15, -0.1) is 0 Å². The number of rotatable bonds is 7. The fourth-order valence-corrected chi connectivity index (χ4v) is 5.08. The highest BCUT2D eigenvalue weighted by Crippen LogP contribution is 2.28. The quantitative estimate of drug-likeness (QED) is 0.565. The summed E-state index contributed by atoms with van der Waals surface area (Å²) < 4.78 is 18.2. The Labute approximate surface area is 213 Å². The summed E-state index contributed by atoms with van der Waals surface area (Å²) in [5, 5.41) is 0.674. The van der Waals surface area contributed by atoms with E-state index < -0.39 is 5.60 Å². The van der Waals surface area contributed by atoms with E-state index in [0.29, 0.717) is 50.0 Å². The number of aryl methyl sites for hydroxylation is 1. The summed E-state index contributed by atoms with van der Waals surface area (Å²) in [4.78, 5) is 32.4. The predicted molar refractivity (Wildman–Crippen MR) is 134 cm³/mol. The van der Waals surface area contributed by atoms with Crippen molar-refractivity contribution in [2.45, 2.75) is 50.7 Å². The van der Waals surface area contributed by atoms with Gasteiger partial charge in [0.05, 0.1) is 32.1 Å². The summed E-state index contributed by atoms with van der Waals surface area (Å²) in [6, 6.07) is 5.50. The number of halogens is 1. The summed E-state index contributed by atoms with van der Waals surface area (Å²) >= 11 is 6.17. The maximum atomic E-state index is 13.3. The van der Waals surface area contributed by atoms with Crippen LogP contribution >= 0.6 is 11.6 Å². The molecule has 2 atom stereocenters. The molecule has 3 aliphatic rings. The van der Waals surface area contributed by atoms with Gasteiger partial charge in [0.25, 0.3) is 0 Å². The zero-order valence-corrected chi connectivity index (χ0v) is 21.7. The number of piperazine rings is 1. The van der Waals surface area contributed by atoms with Crippen LogP contribution in [0.5, 0.6) is 5.75 Å². The van der Waals surface area contributed by atoms with E-state index in [2.05, 4.69) is 11.9 Å². The smallest absolute Gasteiger partial charge is 0.225 e. The average molecular weight is 508 g/mol. The van der Waals surface area contributed by atoms with Gasteiger partial charge in [-0.25, -0.2) is 0 Å². The SMILES string of the molecule is Cc1cc(OCC2(CC(=O)N3CCN(C)CC3)CN(C(=O)CC3CCCCO3)CCO2)ccc1Cl. The Hall–Kier alpha value is -1.87. The van der Waals surface area contributed by atoms with E-state index in [1.165, 1.54) is 0 Å². The van der Waals surface area contributed by atoms with E-state index in [1.807, 2.05) is 28.9 Å². The Morgan fingerprint density at radius 2 is 1.89 bits per heavy atom. The van der Waals surface area contributed by atoms with Crippen molar-refractivity contribution in [2.75, 3.05) is 66.1 Å². The molecule has 0 radical (unpaired) electrons. The summed E-state index contributed by atoms with van der Waals surface area (Å²) in [6.45, 7) is 7.13. The van der Waals surface area contributed by atoms with Crippen molar-refractivity contribution in [1.82, 2.24) is 14.7 Å². The lowest BCUT2D eigenvalue weighted by Crippen LogP contribution is -2.59. The van der Waals surface area contributed by atoms with Crippen LogP contribution in [0.2, 0.25) is 5.02 Å². The maximum absolute atomic E-state index is 13.3. The van der Waals surface area contributed by atoms with E-state index in [4.69, 9.17) is 25.8 Å². The van der Waals surface area contributed by atoms with E-state index in [1.54, 1.807) is 6.07 Å². The molecule has 0 aromatic heterocycles. The largest absolute Gasteiger partial charge is 0.490 e. The second-order valence-electron chi connectivity index (χ2n) is 10.1. The Morgan fingerprint density at radius 3 is 2.60 bits per heavy atom. The normalized spacial score (nSPS) is 26.0. The number of nitrogens with zero attached hydrogens (tertiary/aromatic N) is 3. The molecular weight excluding hydrogens is 470 g/mol. The van der Waals surface area contributed by atoms with Crippen LogP contribution in [0, 0.1) is 6.92 Å². The zero-order valence-electron chi connectivity index (χ0n) is 21.0. The van der Waals surface area contributed by atoms with Crippen LogP contribution in [-0.4, -0.2) is 104 Å². The summed E-state index contributed by atoms with van der Waals surface area (Å²) in [7, 11) is 2.06. The van der Waals surface area contributed by atoms with Crippen LogP contribution in [0.4, 0.5) is 0 Å². The highest BCUT2D eigenvalue weighted by Gasteiger charge is 2.42. The number of carbonyl (C=O) groups excluding carboxylic acids is 2. The van der Waals surface area contributed by atoms with Crippen LogP contribution in [0.3, 0.4) is 0 Å². The number of amides is 2. The number of carbonyl (C=O) groups is 2. The van der Waals surface area contributed by atoms with Gasteiger partial charge in [-0.1, -0.05) is 11.6 Å². The van der Waals surface area contributed by atoms with Gasteiger partial charge in [0.15, 0.2) is 0 Å². The lowest BCUT2D eigenvalue weighted by molar-refractivity contribution is -0.168. The minimum atomic E-state index is -0.907. The van der Waals surface area contributed by atoms with Gasteiger partial charge in [-0.05, 0) is 57.0 Å². The Bertz CT molecular complexity index is 886. The molecule has 1 aromatic rings. The molecule has 9 heteroatoms. The van der Waals surface area contributed by atoms with E-state index in [0.717, 1.165) is 44.5 Å². The number of benzene rings is 1. The first kappa shape index (κ1) is 26.2. The molecule has 4 rings (SSSR count). The first-order valence-corrected chi connectivity index (χ1v) is 13.1. The fourth-order valence-electron chi connectivity index (χ4n) is 4.96. The Kier molecular flexibility index (Phi) is 8.92. The first-order valence-electron chi connectivity index (χ1n) is 12.7. The summed E-state index contributed by atoms with van der Waals surface area (Å²) in [5.41, 5.74) is 0.00977. The molecule has 2 unspecified atom stereocenters. The average Bonchev–Trinajstić information content (AvgIpc) is 2.86. The predicted octanol–water partition coefficient (Wildman–Crippen LogP) is 2.75. The van der Waals surface area contributed by atoms with Crippen molar-refractivity contribution in [3.8, 4) is 5.75 Å². The molecule has 2 amide bonds. The second kappa shape index (κ2) is 11.9. The zero-order chi connectivity index (χ0) is 24.8. The molecule has 3 saturated heterocycles. The van der Waals surface area contributed by atoms with Crippen molar-refractivity contribution in [1.29, 1.82) is 0 Å². The van der Waals surface area contributed by atoms with E-state index in [-0.39, 0.29) is 30.9 Å². The van der Waals surface area contributed by atoms with Gasteiger partial charge in [0.2, 0.25) is 11.8 Å². The molecule has 0 aliphatic carbocycles. The molecule has 194 valence electrons. The molecular formula is C26H38ClN3O5. The minimum Gasteiger partial charge on any atom is -0.490 e. The molecule has 8 nitrogen and oxygen atoms in total. The van der Waals surface area contributed by atoms with E-state index >= 15 is 0 Å². The van der Waals surface area contributed by atoms with Crippen LogP contribution < -0.4 is 4.74 Å². The molecule has 3 fully saturated rings. The molecule has 1 aromatic carbocycles. The monoisotopic (exact) mass is 507 g/mol. The van der Waals surface area contributed by atoms with Gasteiger partial charge in [-0.2, -0.15) is 0 Å². The van der Waals surface area contributed by atoms with Crippen LogP contribution in [0.15, 0.2) is 18.2 Å². The molecule has 3 heterocycles. The second-order valence-corrected chi connectivity index (χ2v) is 10.5. The molecule has 35 heavy (non-hydrogen) atoms. The van der Waals surface area contributed by atoms with Crippen molar-refractivity contribution in [2.24, 2.45) is 0 Å². The highest BCUT2D eigenvalue weighted by molar-refractivity contribution is 6.31. The van der Waals surface area contributed by atoms with Crippen LogP contribution in [0.25, 0.3) is 0 Å². The summed E-state index contributed by atoms with van der Waals surface area (Å²) in [6.07, 6.45) is 3.60. The van der Waals surface area contributed by atoms with Gasteiger partial charge in [-0.3, -0.25) is 9.59 Å². The number of morpholine rings is 1. The van der Waals surface area contributed by atoms with Crippen molar-refractivity contribution >= 4 is 23.4 Å². The van der Waals surface area contributed by atoms with Crippen molar-refractivity contribution in [3.05, 3.63) is 28.8 Å². The molecule has 0 bridgehead atoms. The Morgan fingerprint density at radius 1 is 1.09 bits per heavy atom. The number of ether oxygens (including phenoxy) is 3.